The number of likely N-dealkylation sites (tertiary alicyclic amines) is 1. The van der Waals surface area contributed by atoms with Crippen LogP contribution >= 0.6 is 0 Å². The van der Waals surface area contributed by atoms with Crippen molar-refractivity contribution in [1.29, 1.82) is 0 Å². The molecule has 1 heterocycles. The minimum Gasteiger partial charge on any atom is -0.444 e. The lowest BCUT2D eigenvalue weighted by molar-refractivity contribution is -0.133. The number of hydrogen-bond donors (Lipinski definition) is 1. The average molecular weight is 328 g/mol. The van der Waals surface area contributed by atoms with Crippen molar-refractivity contribution in [1.82, 2.24) is 10.2 Å². The van der Waals surface area contributed by atoms with Crippen LogP contribution in [0.25, 0.3) is 0 Å². The lowest BCUT2D eigenvalue weighted by Gasteiger charge is -2.28. The van der Waals surface area contributed by atoms with Crippen LogP contribution in [0.5, 0.6) is 0 Å². The van der Waals surface area contributed by atoms with Gasteiger partial charge in [0, 0.05) is 12.1 Å². The zero-order valence-corrected chi connectivity index (χ0v) is 15.6. The van der Waals surface area contributed by atoms with Gasteiger partial charge in [-0.2, -0.15) is 0 Å². The molecular formula is C17H32N2O4. The molecule has 0 saturated carbocycles. The maximum atomic E-state index is 12.1. The first-order chi connectivity index (χ1) is 10.4. The van der Waals surface area contributed by atoms with Gasteiger partial charge in [0.05, 0.1) is 12.1 Å². The van der Waals surface area contributed by atoms with E-state index < -0.39 is 11.2 Å². The Morgan fingerprint density at radius 1 is 1.22 bits per heavy atom. The van der Waals surface area contributed by atoms with Crippen LogP contribution in [0.15, 0.2) is 0 Å². The Morgan fingerprint density at radius 2 is 1.83 bits per heavy atom. The van der Waals surface area contributed by atoms with E-state index in [1.807, 2.05) is 48.5 Å². The van der Waals surface area contributed by atoms with Crippen molar-refractivity contribution in [3.63, 3.8) is 0 Å². The monoisotopic (exact) mass is 328 g/mol. The van der Waals surface area contributed by atoms with Crippen LogP contribution in [-0.2, 0) is 14.3 Å². The third-order valence-electron chi connectivity index (χ3n) is 4.00. The second kappa shape index (κ2) is 7.07. The molecule has 134 valence electrons. The van der Waals surface area contributed by atoms with Crippen molar-refractivity contribution in [2.24, 2.45) is 0 Å². The fraction of sp³-hybridized carbons (Fsp3) is 0.882. The quantitative estimate of drug-likeness (QED) is 0.842. The molecule has 2 amide bonds. The van der Waals surface area contributed by atoms with Gasteiger partial charge in [-0.05, 0) is 54.4 Å². The Bertz CT molecular complexity index is 442. The van der Waals surface area contributed by atoms with Gasteiger partial charge in [0.15, 0.2) is 0 Å². The van der Waals surface area contributed by atoms with E-state index in [1.54, 1.807) is 4.90 Å². The van der Waals surface area contributed by atoms with Gasteiger partial charge in [-0.15, -0.1) is 0 Å². The molecule has 1 fully saturated rings. The molecule has 23 heavy (non-hydrogen) atoms. The summed E-state index contributed by atoms with van der Waals surface area (Å²) in [5.74, 6) is -0.131. The summed E-state index contributed by atoms with van der Waals surface area (Å²) in [5.41, 5.74) is -1.26. The predicted molar refractivity (Wildman–Crippen MR) is 89.3 cm³/mol. The molecule has 1 aliphatic heterocycles. The normalized spacial score (nSPS) is 22.1. The number of hydrogen-bond acceptors (Lipinski definition) is 4. The van der Waals surface area contributed by atoms with Gasteiger partial charge >= 0.3 is 6.09 Å². The highest BCUT2D eigenvalue weighted by Crippen LogP contribution is 2.26. The fourth-order valence-corrected chi connectivity index (χ4v) is 2.28. The van der Waals surface area contributed by atoms with Crippen LogP contribution in [0.3, 0.4) is 0 Å². The van der Waals surface area contributed by atoms with Crippen LogP contribution in [0.4, 0.5) is 4.79 Å². The summed E-state index contributed by atoms with van der Waals surface area (Å²) in [6, 6.07) is 0. The van der Waals surface area contributed by atoms with Crippen LogP contribution < -0.4 is 5.32 Å². The number of nitrogens with one attached hydrogen (secondary N) is 1. The molecule has 0 aromatic carbocycles. The Morgan fingerprint density at radius 3 is 2.35 bits per heavy atom. The second-order valence-corrected chi connectivity index (χ2v) is 8.18. The number of rotatable bonds is 5. The highest BCUT2D eigenvalue weighted by molar-refractivity contribution is 5.78. The van der Waals surface area contributed by atoms with Crippen LogP contribution in [0.1, 0.15) is 61.3 Å². The predicted octanol–water partition coefficient (Wildman–Crippen LogP) is 2.71. The molecule has 6 nitrogen and oxygen atoms in total. The van der Waals surface area contributed by atoms with Gasteiger partial charge in [0.1, 0.15) is 12.2 Å². The standard InChI is InChI=1S/C17H32N2O4/c1-8-16(5,6)18-13(20)11-22-17(7)9-10-19(12-17)14(21)23-15(2,3)4/h8-12H2,1-7H3,(H,18,20). The van der Waals surface area contributed by atoms with Gasteiger partial charge in [-0.1, -0.05) is 6.92 Å². The van der Waals surface area contributed by atoms with Gasteiger partial charge in [-0.3, -0.25) is 4.79 Å². The molecule has 1 aliphatic rings. The first-order valence-electron chi connectivity index (χ1n) is 8.29. The molecule has 0 aromatic rings. The Balaban J connectivity index is 2.47. The molecule has 1 N–H and O–H groups in total. The van der Waals surface area contributed by atoms with E-state index in [0.29, 0.717) is 19.5 Å². The minimum atomic E-state index is -0.511. The summed E-state index contributed by atoms with van der Waals surface area (Å²) < 4.78 is 11.2. The van der Waals surface area contributed by atoms with Crippen molar-refractivity contribution in [2.75, 3.05) is 19.7 Å². The van der Waals surface area contributed by atoms with Gasteiger partial charge in [-0.25, -0.2) is 4.79 Å². The lowest BCUT2D eigenvalue weighted by Crippen LogP contribution is -2.46. The average Bonchev–Trinajstić information content (AvgIpc) is 2.78. The van der Waals surface area contributed by atoms with Gasteiger partial charge < -0.3 is 19.7 Å². The number of amides is 2. The Kier molecular flexibility index (Phi) is 6.07. The van der Waals surface area contributed by atoms with Crippen molar-refractivity contribution in [3.05, 3.63) is 0 Å². The van der Waals surface area contributed by atoms with Crippen molar-refractivity contribution < 1.29 is 19.1 Å². The van der Waals surface area contributed by atoms with E-state index in [2.05, 4.69) is 5.32 Å². The second-order valence-electron chi connectivity index (χ2n) is 8.18. The number of ether oxygens (including phenoxy) is 2. The number of carbonyl (C=O) groups is 2. The van der Waals surface area contributed by atoms with E-state index in [-0.39, 0.29) is 24.1 Å². The molecule has 1 saturated heterocycles. The molecule has 1 rings (SSSR count). The molecule has 0 aromatic heterocycles. The zero-order valence-electron chi connectivity index (χ0n) is 15.6. The summed E-state index contributed by atoms with van der Waals surface area (Å²) >= 11 is 0. The summed E-state index contributed by atoms with van der Waals surface area (Å²) in [6.07, 6.45) is 1.21. The maximum absolute atomic E-state index is 12.1. The largest absolute Gasteiger partial charge is 0.444 e. The highest BCUT2D eigenvalue weighted by Gasteiger charge is 2.39. The number of carbonyl (C=O) groups excluding carboxylic acids is 2. The summed E-state index contributed by atoms with van der Waals surface area (Å²) in [7, 11) is 0. The van der Waals surface area contributed by atoms with E-state index >= 15 is 0 Å². The molecule has 0 aliphatic carbocycles. The first kappa shape index (κ1) is 19.7. The highest BCUT2D eigenvalue weighted by atomic mass is 16.6. The van der Waals surface area contributed by atoms with E-state index in [0.717, 1.165) is 6.42 Å². The van der Waals surface area contributed by atoms with Crippen molar-refractivity contribution in [3.8, 4) is 0 Å². The van der Waals surface area contributed by atoms with Crippen LogP contribution in [-0.4, -0.2) is 53.3 Å². The fourth-order valence-electron chi connectivity index (χ4n) is 2.28. The van der Waals surface area contributed by atoms with Crippen molar-refractivity contribution >= 4 is 12.0 Å². The minimum absolute atomic E-state index is 0.00207. The first-order valence-corrected chi connectivity index (χ1v) is 8.29. The molecule has 1 unspecified atom stereocenters. The zero-order chi connectivity index (χ0) is 17.9. The molecule has 0 bridgehead atoms. The molecule has 0 radical (unpaired) electrons. The van der Waals surface area contributed by atoms with E-state index in [1.165, 1.54) is 0 Å². The SMILES string of the molecule is CCC(C)(C)NC(=O)COC1(C)CCN(C(=O)OC(C)(C)C)C1. The van der Waals surface area contributed by atoms with Crippen LogP contribution in [0.2, 0.25) is 0 Å². The topological polar surface area (TPSA) is 67.9 Å². The van der Waals surface area contributed by atoms with Crippen molar-refractivity contribution in [2.45, 2.75) is 78.0 Å². The Hall–Kier alpha value is -1.30. The maximum Gasteiger partial charge on any atom is 0.410 e. The van der Waals surface area contributed by atoms with E-state index in [9.17, 15) is 9.59 Å². The van der Waals surface area contributed by atoms with Gasteiger partial charge in [0.25, 0.3) is 0 Å². The number of nitrogens with zero attached hydrogens (tertiary/aromatic N) is 1. The third-order valence-corrected chi connectivity index (χ3v) is 4.00. The molecular weight excluding hydrogens is 296 g/mol. The lowest BCUT2D eigenvalue weighted by atomic mass is 10.0. The molecule has 1 atom stereocenters. The summed E-state index contributed by atoms with van der Waals surface area (Å²) in [6.45, 7) is 14.5. The summed E-state index contributed by atoms with van der Waals surface area (Å²) in [5, 5.41) is 2.94. The Labute approximate surface area is 139 Å². The molecule has 0 spiro atoms. The summed E-state index contributed by atoms with van der Waals surface area (Å²) in [4.78, 5) is 25.7. The van der Waals surface area contributed by atoms with Crippen LogP contribution in [0, 0.1) is 0 Å². The smallest absolute Gasteiger partial charge is 0.410 e. The van der Waals surface area contributed by atoms with Gasteiger partial charge in [0.2, 0.25) is 5.91 Å². The van der Waals surface area contributed by atoms with E-state index in [4.69, 9.17) is 9.47 Å². The molecule has 6 heteroatoms. The third kappa shape index (κ3) is 6.77.